The molecular formula is C9H10N2O4S. The number of aromatic carboxylic acids is 1. The fourth-order valence-electron chi connectivity index (χ4n) is 0.906. The molecule has 0 bridgehead atoms. The van der Waals surface area contributed by atoms with Gasteiger partial charge in [0.15, 0.2) is 10.8 Å². The lowest BCUT2D eigenvalue weighted by Gasteiger charge is -2.00. The highest BCUT2D eigenvalue weighted by Gasteiger charge is 2.15. The second-order valence-electron chi connectivity index (χ2n) is 2.74. The zero-order valence-electron chi connectivity index (χ0n) is 8.52. The summed E-state index contributed by atoms with van der Waals surface area (Å²) in [4.78, 5) is 26.0. The van der Waals surface area contributed by atoms with Gasteiger partial charge < -0.3 is 9.84 Å². The number of amides is 1. The number of aromatic nitrogens is 1. The number of nitrogens with one attached hydrogen (secondary N) is 1. The number of aryl methyl sites for hydroxylation is 1. The van der Waals surface area contributed by atoms with Crippen LogP contribution in [0.4, 0.5) is 9.93 Å². The SMILES string of the molecule is C=CCOC(=O)Nc1nc(C(=O)O)c(C)s1. The van der Waals surface area contributed by atoms with Crippen molar-refractivity contribution in [2.24, 2.45) is 0 Å². The molecule has 0 aliphatic heterocycles. The molecule has 1 rings (SSSR count). The Bertz CT molecular complexity index is 427. The van der Waals surface area contributed by atoms with Crippen molar-refractivity contribution < 1.29 is 19.4 Å². The van der Waals surface area contributed by atoms with Gasteiger partial charge in [-0.3, -0.25) is 5.32 Å². The highest BCUT2D eigenvalue weighted by molar-refractivity contribution is 7.16. The van der Waals surface area contributed by atoms with E-state index in [4.69, 9.17) is 5.11 Å². The highest BCUT2D eigenvalue weighted by Crippen LogP contribution is 2.21. The summed E-state index contributed by atoms with van der Waals surface area (Å²) >= 11 is 1.07. The van der Waals surface area contributed by atoms with Gasteiger partial charge in [0.25, 0.3) is 0 Å². The van der Waals surface area contributed by atoms with Crippen molar-refractivity contribution in [3.05, 3.63) is 23.2 Å². The standard InChI is InChI=1S/C9H10N2O4S/c1-3-4-15-9(14)11-8-10-6(7(12)13)5(2)16-8/h3H,1,4H2,2H3,(H,12,13)(H,10,11,14). The van der Waals surface area contributed by atoms with Gasteiger partial charge in [-0.05, 0) is 6.92 Å². The molecule has 1 aromatic heterocycles. The molecule has 0 unspecified atom stereocenters. The predicted molar refractivity (Wildman–Crippen MR) is 59.0 cm³/mol. The number of carbonyl (C=O) groups excluding carboxylic acids is 1. The van der Waals surface area contributed by atoms with E-state index in [9.17, 15) is 9.59 Å². The van der Waals surface area contributed by atoms with Crippen LogP contribution in [0.15, 0.2) is 12.7 Å². The minimum atomic E-state index is -1.12. The van der Waals surface area contributed by atoms with Crippen molar-refractivity contribution in [1.82, 2.24) is 4.98 Å². The molecule has 2 N–H and O–H groups in total. The van der Waals surface area contributed by atoms with Crippen LogP contribution in [0.1, 0.15) is 15.4 Å². The van der Waals surface area contributed by atoms with E-state index in [2.05, 4.69) is 21.6 Å². The quantitative estimate of drug-likeness (QED) is 0.787. The second-order valence-corrected chi connectivity index (χ2v) is 3.94. The number of ether oxygens (including phenoxy) is 1. The maximum Gasteiger partial charge on any atom is 0.413 e. The topological polar surface area (TPSA) is 88.5 Å². The average molecular weight is 242 g/mol. The van der Waals surface area contributed by atoms with E-state index >= 15 is 0 Å². The van der Waals surface area contributed by atoms with Gasteiger partial charge in [-0.15, -0.1) is 11.3 Å². The first-order chi connectivity index (χ1) is 7.54. The van der Waals surface area contributed by atoms with E-state index in [0.717, 1.165) is 11.3 Å². The summed E-state index contributed by atoms with van der Waals surface area (Å²) in [6, 6.07) is 0. The van der Waals surface area contributed by atoms with E-state index in [1.807, 2.05) is 0 Å². The van der Waals surface area contributed by atoms with E-state index in [0.29, 0.717) is 4.88 Å². The summed E-state index contributed by atoms with van der Waals surface area (Å²) in [5.41, 5.74) is -0.0657. The third-order valence-electron chi connectivity index (χ3n) is 1.54. The molecule has 0 saturated heterocycles. The Morgan fingerprint density at radius 3 is 2.88 bits per heavy atom. The van der Waals surface area contributed by atoms with E-state index in [1.165, 1.54) is 6.08 Å². The van der Waals surface area contributed by atoms with Crippen LogP contribution in [0.3, 0.4) is 0 Å². The number of nitrogens with zero attached hydrogens (tertiary/aromatic N) is 1. The van der Waals surface area contributed by atoms with Crippen molar-refractivity contribution in [2.75, 3.05) is 11.9 Å². The minimum absolute atomic E-state index is 0.0657. The molecule has 1 aromatic rings. The number of thiazole rings is 1. The maximum atomic E-state index is 11.1. The summed E-state index contributed by atoms with van der Waals surface area (Å²) < 4.78 is 4.66. The zero-order valence-corrected chi connectivity index (χ0v) is 9.34. The molecule has 7 heteroatoms. The lowest BCUT2D eigenvalue weighted by Crippen LogP contribution is -2.13. The molecule has 6 nitrogen and oxygen atoms in total. The van der Waals surface area contributed by atoms with Crippen LogP contribution in [0.5, 0.6) is 0 Å². The first-order valence-electron chi connectivity index (χ1n) is 4.30. The van der Waals surface area contributed by atoms with Gasteiger partial charge in [0, 0.05) is 4.88 Å². The second kappa shape index (κ2) is 5.26. The summed E-state index contributed by atoms with van der Waals surface area (Å²) in [6.45, 7) is 5.08. The van der Waals surface area contributed by atoms with Gasteiger partial charge in [0.05, 0.1) is 0 Å². The van der Waals surface area contributed by atoms with Crippen LogP contribution >= 0.6 is 11.3 Å². The number of carboxylic acid groups (broad SMARTS) is 1. The first-order valence-corrected chi connectivity index (χ1v) is 5.11. The largest absolute Gasteiger partial charge is 0.476 e. The molecule has 0 fully saturated rings. The Balaban J connectivity index is 2.68. The monoisotopic (exact) mass is 242 g/mol. The molecule has 1 heterocycles. The number of hydrogen-bond acceptors (Lipinski definition) is 5. The summed E-state index contributed by atoms with van der Waals surface area (Å²) in [7, 11) is 0. The molecule has 0 aromatic carbocycles. The van der Waals surface area contributed by atoms with Gasteiger partial charge in [-0.1, -0.05) is 12.7 Å². The number of carboxylic acids is 1. The van der Waals surface area contributed by atoms with Crippen LogP contribution in [0, 0.1) is 6.92 Å². The third kappa shape index (κ3) is 3.06. The van der Waals surface area contributed by atoms with Gasteiger partial charge in [0.2, 0.25) is 0 Å². The van der Waals surface area contributed by atoms with Crippen molar-refractivity contribution in [3.63, 3.8) is 0 Å². The van der Waals surface area contributed by atoms with Crippen LogP contribution in [-0.4, -0.2) is 28.8 Å². The molecule has 0 spiro atoms. The van der Waals surface area contributed by atoms with Gasteiger partial charge in [-0.25, -0.2) is 14.6 Å². The van der Waals surface area contributed by atoms with Crippen LogP contribution < -0.4 is 5.32 Å². The number of rotatable bonds is 4. The number of hydrogen-bond donors (Lipinski definition) is 2. The predicted octanol–water partition coefficient (Wildman–Crippen LogP) is 1.88. The summed E-state index contributed by atoms with van der Waals surface area (Å²) in [5.74, 6) is -1.12. The summed E-state index contributed by atoms with van der Waals surface area (Å²) in [6.07, 6.45) is 0.737. The lowest BCUT2D eigenvalue weighted by atomic mass is 10.4. The van der Waals surface area contributed by atoms with Crippen LogP contribution in [0.2, 0.25) is 0 Å². The van der Waals surface area contributed by atoms with E-state index in [1.54, 1.807) is 6.92 Å². The van der Waals surface area contributed by atoms with Crippen molar-refractivity contribution >= 4 is 28.5 Å². The van der Waals surface area contributed by atoms with Gasteiger partial charge in [-0.2, -0.15) is 0 Å². The number of carbonyl (C=O) groups is 2. The highest BCUT2D eigenvalue weighted by atomic mass is 32.1. The Hall–Kier alpha value is -1.89. The molecule has 0 aliphatic carbocycles. The molecule has 0 radical (unpaired) electrons. The minimum Gasteiger partial charge on any atom is -0.476 e. The van der Waals surface area contributed by atoms with E-state index < -0.39 is 12.1 Å². The smallest absolute Gasteiger partial charge is 0.413 e. The Morgan fingerprint density at radius 2 is 2.38 bits per heavy atom. The molecular weight excluding hydrogens is 232 g/mol. The van der Waals surface area contributed by atoms with E-state index in [-0.39, 0.29) is 17.4 Å². The van der Waals surface area contributed by atoms with Gasteiger partial charge >= 0.3 is 12.1 Å². The number of anilines is 1. The fourth-order valence-corrected chi connectivity index (χ4v) is 1.70. The molecule has 86 valence electrons. The lowest BCUT2D eigenvalue weighted by molar-refractivity contribution is 0.0690. The molecule has 16 heavy (non-hydrogen) atoms. The molecule has 0 saturated carbocycles. The molecule has 0 aliphatic rings. The van der Waals surface area contributed by atoms with Crippen LogP contribution in [-0.2, 0) is 4.74 Å². The van der Waals surface area contributed by atoms with Gasteiger partial charge in [0.1, 0.15) is 6.61 Å². The normalized spacial score (nSPS) is 9.56. The fraction of sp³-hybridized carbons (Fsp3) is 0.222. The third-order valence-corrected chi connectivity index (χ3v) is 2.43. The molecule has 1 amide bonds. The Morgan fingerprint density at radius 1 is 1.69 bits per heavy atom. The van der Waals surface area contributed by atoms with Crippen molar-refractivity contribution in [1.29, 1.82) is 0 Å². The first kappa shape index (κ1) is 12.2. The zero-order chi connectivity index (χ0) is 12.1. The Kier molecular flexibility index (Phi) is 4.01. The molecule has 0 atom stereocenters. The van der Waals surface area contributed by atoms with Crippen molar-refractivity contribution in [2.45, 2.75) is 6.92 Å². The van der Waals surface area contributed by atoms with Crippen molar-refractivity contribution in [3.8, 4) is 0 Å². The average Bonchev–Trinajstić information content (AvgIpc) is 2.56. The Labute approximate surface area is 95.6 Å². The summed E-state index contributed by atoms with van der Waals surface area (Å²) in [5, 5.41) is 11.3. The van der Waals surface area contributed by atoms with Crippen LogP contribution in [0.25, 0.3) is 0 Å². The maximum absolute atomic E-state index is 11.1.